The van der Waals surface area contributed by atoms with Gasteiger partial charge in [-0.2, -0.15) is 0 Å². The van der Waals surface area contributed by atoms with Gasteiger partial charge in [-0.3, -0.25) is 14.9 Å². The molecular formula is C22H20BrN3O5. The molecule has 3 rings (SSSR count). The lowest BCUT2D eigenvalue weighted by molar-refractivity contribution is -0.384. The number of nitrogens with one attached hydrogen (secondary N) is 2. The Morgan fingerprint density at radius 1 is 1.06 bits per heavy atom. The van der Waals surface area contributed by atoms with E-state index in [0.717, 1.165) is 11.3 Å². The van der Waals surface area contributed by atoms with E-state index in [9.17, 15) is 14.9 Å². The van der Waals surface area contributed by atoms with Crippen molar-refractivity contribution < 1.29 is 19.2 Å². The maximum absolute atomic E-state index is 12.1. The van der Waals surface area contributed by atoms with Crippen LogP contribution in [-0.4, -0.2) is 24.5 Å². The van der Waals surface area contributed by atoms with E-state index in [4.69, 9.17) is 9.47 Å². The summed E-state index contributed by atoms with van der Waals surface area (Å²) < 4.78 is 11.7. The number of methoxy groups -OCH3 is 1. The molecule has 0 heterocycles. The van der Waals surface area contributed by atoms with Crippen LogP contribution in [0.1, 0.15) is 5.56 Å². The number of non-ortho nitro benzene ring substituents is 1. The van der Waals surface area contributed by atoms with Gasteiger partial charge in [-0.15, -0.1) is 0 Å². The minimum absolute atomic E-state index is 0.0350. The largest absolute Gasteiger partial charge is 0.493 e. The van der Waals surface area contributed by atoms with Crippen LogP contribution in [-0.2, 0) is 11.3 Å². The highest BCUT2D eigenvalue weighted by Crippen LogP contribution is 2.37. The van der Waals surface area contributed by atoms with Crippen LogP contribution < -0.4 is 20.1 Å². The number of carbonyl (C=O) groups excluding carboxylic acids is 1. The van der Waals surface area contributed by atoms with E-state index in [0.29, 0.717) is 28.2 Å². The summed E-state index contributed by atoms with van der Waals surface area (Å²) in [5.41, 5.74) is 2.37. The molecule has 0 spiro atoms. The van der Waals surface area contributed by atoms with Crippen molar-refractivity contribution in [3.63, 3.8) is 0 Å². The van der Waals surface area contributed by atoms with E-state index in [1.165, 1.54) is 19.2 Å². The third-order valence-corrected chi connectivity index (χ3v) is 4.86. The van der Waals surface area contributed by atoms with Crippen LogP contribution in [0, 0.1) is 10.1 Å². The second kappa shape index (κ2) is 10.4. The van der Waals surface area contributed by atoms with E-state index >= 15 is 0 Å². The number of benzene rings is 3. The van der Waals surface area contributed by atoms with Crippen molar-refractivity contribution in [2.75, 3.05) is 24.4 Å². The topological polar surface area (TPSA) is 103 Å². The van der Waals surface area contributed by atoms with Gasteiger partial charge in [0.25, 0.3) is 11.6 Å². The molecule has 0 aliphatic rings. The third kappa shape index (κ3) is 6.19. The molecule has 0 aromatic heterocycles. The summed E-state index contributed by atoms with van der Waals surface area (Å²) in [4.78, 5) is 22.5. The molecule has 0 fully saturated rings. The average Bonchev–Trinajstić information content (AvgIpc) is 2.77. The molecular weight excluding hydrogens is 466 g/mol. The summed E-state index contributed by atoms with van der Waals surface area (Å²) in [7, 11) is 1.52. The predicted molar refractivity (Wildman–Crippen MR) is 122 cm³/mol. The van der Waals surface area contributed by atoms with Crippen LogP contribution in [0.5, 0.6) is 11.5 Å². The zero-order chi connectivity index (χ0) is 22.2. The fourth-order valence-corrected chi connectivity index (χ4v) is 3.38. The van der Waals surface area contributed by atoms with Gasteiger partial charge >= 0.3 is 0 Å². The molecule has 8 nitrogen and oxygen atoms in total. The van der Waals surface area contributed by atoms with Gasteiger partial charge in [0.05, 0.1) is 16.5 Å². The number of nitro groups is 1. The van der Waals surface area contributed by atoms with Crippen LogP contribution in [0.2, 0.25) is 0 Å². The zero-order valence-electron chi connectivity index (χ0n) is 16.6. The van der Waals surface area contributed by atoms with Gasteiger partial charge in [0.15, 0.2) is 18.1 Å². The molecule has 0 aliphatic heterocycles. The van der Waals surface area contributed by atoms with Crippen molar-refractivity contribution in [1.29, 1.82) is 0 Å². The number of ether oxygens (including phenoxy) is 2. The van der Waals surface area contributed by atoms with Gasteiger partial charge in [0.1, 0.15) is 0 Å². The van der Waals surface area contributed by atoms with E-state index in [1.807, 2.05) is 24.3 Å². The molecule has 0 aliphatic carbocycles. The normalized spacial score (nSPS) is 10.3. The van der Waals surface area contributed by atoms with Crippen molar-refractivity contribution in [1.82, 2.24) is 0 Å². The number of carbonyl (C=O) groups is 1. The Labute approximate surface area is 187 Å². The second-order valence-corrected chi connectivity index (χ2v) is 7.32. The first-order chi connectivity index (χ1) is 15.0. The fourth-order valence-electron chi connectivity index (χ4n) is 2.78. The number of hydrogen-bond acceptors (Lipinski definition) is 6. The van der Waals surface area contributed by atoms with Crippen LogP contribution in [0.25, 0.3) is 0 Å². The van der Waals surface area contributed by atoms with Gasteiger partial charge < -0.3 is 20.1 Å². The highest BCUT2D eigenvalue weighted by molar-refractivity contribution is 9.10. The van der Waals surface area contributed by atoms with Gasteiger partial charge in [0.2, 0.25) is 0 Å². The van der Waals surface area contributed by atoms with Crippen LogP contribution >= 0.6 is 15.9 Å². The Morgan fingerprint density at radius 3 is 2.42 bits per heavy atom. The summed E-state index contributed by atoms with van der Waals surface area (Å²) in [5.74, 6) is 0.608. The first-order valence-electron chi connectivity index (χ1n) is 9.28. The van der Waals surface area contributed by atoms with Crippen LogP contribution in [0.3, 0.4) is 0 Å². The number of halogens is 1. The molecule has 0 atom stereocenters. The molecule has 160 valence electrons. The number of nitrogens with zero attached hydrogens (tertiary/aromatic N) is 1. The summed E-state index contributed by atoms with van der Waals surface area (Å²) in [6.45, 7) is 0.284. The second-order valence-electron chi connectivity index (χ2n) is 6.47. The minimum atomic E-state index is -0.440. The summed E-state index contributed by atoms with van der Waals surface area (Å²) in [6, 6.07) is 18.9. The van der Waals surface area contributed by atoms with Crippen molar-refractivity contribution in [3.05, 3.63) is 86.9 Å². The molecule has 9 heteroatoms. The third-order valence-electron chi connectivity index (χ3n) is 4.27. The lowest BCUT2D eigenvalue weighted by Crippen LogP contribution is -2.20. The van der Waals surface area contributed by atoms with Gasteiger partial charge in [-0.1, -0.05) is 18.2 Å². The number of rotatable bonds is 9. The van der Waals surface area contributed by atoms with E-state index < -0.39 is 4.92 Å². The summed E-state index contributed by atoms with van der Waals surface area (Å²) in [5, 5.41) is 16.7. The maximum Gasteiger partial charge on any atom is 0.269 e. The standard InChI is InChI=1S/C22H20BrN3O5/c1-30-20-12-15(13-24-16-7-9-18(10-8-16)26(28)29)11-19(23)22(20)31-14-21(27)25-17-5-3-2-4-6-17/h2-12,24H,13-14H2,1H3,(H,25,27). The minimum Gasteiger partial charge on any atom is -0.493 e. The van der Waals surface area contributed by atoms with Crippen molar-refractivity contribution in [3.8, 4) is 11.5 Å². The predicted octanol–water partition coefficient (Wildman–Crippen LogP) is 5.00. The number of amides is 1. The van der Waals surface area contributed by atoms with Gasteiger partial charge in [0, 0.05) is 30.1 Å². The summed E-state index contributed by atoms with van der Waals surface area (Å²) in [6.07, 6.45) is 0. The molecule has 0 saturated carbocycles. The smallest absolute Gasteiger partial charge is 0.269 e. The Balaban J connectivity index is 1.62. The van der Waals surface area contributed by atoms with Gasteiger partial charge in [-0.05, 0) is 57.9 Å². The first-order valence-corrected chi connectivity index (χ1v) is 10.1. The molecule has 31 heavy (non-hydrogen) atoms. The van der Waals surface area contributed by atoms with Crippen molar-refractivity contribution in [2.45, 2.75) is 6.54 Å². The average molecular weight is 486 g/mol. The van der Waals surface area contributed by atoms with Crippen molar-refractivity contribution in [2.24, 2.45) is 0 Å². The Hall–Kier alpha value is -3.59. The number of anilines is 2. The molecule has 0 radical (unpaired) electrons. The molecule has 0 unspecified atom stereocenters. The number of para-hydroxylation sites is 1. The highest BCUT2D eigenvalue weighted by atomic mass is 79.9. The number of hydrogen-bond donors (Lipinski definition) is 2. The molecule has 0 bridgehead atoms. The molecule has 1 amide bonds. The molecule has 3 aromatic rings. The molecule has 2 N–H and O–H groups in total. The fraction of sp³-hybridized carbons (Fsp3) is 0.136. The van der Waals surface area contributed by atoms with E-state index in [2.05, 4.69) is 26.6 Å². The lowest BCUT2D eigenvalue weighted by Gasteiger charge is -2.15. The molecule has 3 aromatic carbocycles. The van der Waals surface area contributed by atoms with Crippen LogP contribution in [0.15, 0.2) is 71.2 Å². The van der Waals surface area contributed by atoms with Gasteiger partial charge in [-0.25, -0.2) is 0 Å². The van der Waals surface area contributed by atoms with Crippen molar-refractivity contribution >= 4 is 38.9 Å². The Morgan fingerprint density at radius 2 is 1.77 bits per heavy atom. The highest BCUT2D eigenvalue weighted by Gasteiger charge is 2.14. The first kappa shape index (κ1) is 22.1. The summed E-state index contributed by atoms with van der Waals surface area (Å²) >= 11 is 3.47. The zero-order valence-corrected chi connectivity index (χ0v) is 18.2. The van der Waals surface area contributed by atoms with Crippen LogP contribution in [0.4, 0.5) is 17.1 Å². The lowest BCUT2D eigenvalue weighted by atomic mass is 10.2. The molecule has 0 saturated heterocycles. The monoisotopic (exact) mass is 485 g/mol. The Bertz CT molecular complexity index is 1060. The Kier molecular flexibility index (Phi) is 7.45. The van der Waals surface area contributed by atoms with E-state index in [-0.39, 0.29) is 18.2 Å². The maximum atomic E-state index is 12.1. The number of nitro benzene ring substituents is 1. The van der Waals surface area contributed by atoms with E-state index in [1.54, 1.807) is 30.3 Å². The quantitative estimate of drug-likeness (QED) is 0.326. The SMILES string of the molecule is COc1cc(CNc2ccc([N+](=O)[O-])cc2)cc(Br)c1OCC(=O)Nc1ccccc1.